The molecule has 90 valence electrons. The lowest BCUT2D eigenvalue weighted by Gasteiger charge is -2.22. The van der Waals surface area contributed by atoms with Crippen molar-refractivity contribution >= 4 is 9.84 Å². The lowest BCUT2D eigenvalue weighted by atomic mass is 10.2. The van der Waals surface area contributed by atoms with Crippen LogP contribution < -0.4 is 5.32 Å². The minimum Gasteiger partial charge on any atom is -0.360 e. The van der Waals surface area contributed by atoms with Gasteiger partial charge >= 0.3 is 0 Å². The molecule has 6 heteroatoms. The number of nitrogens with one attached hydrogen (secondary N) is 1. The SMILES string of the molecule is Cc1cc(CNC2CCCS(=O)(=O)C2)on1. The van der Waals surface area contributed by atoms with Crippen molar-refractivity contribution in [3.8, 4) is 0 Å². The molecule has 2 heterocycles. The zero-order valence-electron chi connectivity index (χ0n) is 9.27. The van der Waals surface area contributed by atoms with E-state index in [1.165, 1.54) is 0 Å². The zero-order chi connectivity index (χ0) is 11.6. The summed E-state index contributed by atoms with van der Waals surface area (Å²) in [6, 6.07) is 1.90. The van der Waals surface area contributed by atoms with E-state index < -0.39 is 9.84 Å². The van der Waals surface area contributed by atoms with Crippen LogP contribution in [0.1, 0.15) is 24.3 Å². The van der Waals surface area contributed by atoms with Crippen LogP contribution in [0.4, 0.5) is 0 Å². The predicted molar refractivity (Wildman–Crippen MR) is 59.8 cm³/mol. The Kier molecular flexibility index (Phi) is 3.30. The summed E-state index contributed by atoms with van der Waals surface area (Å²) in [5, 5.41) is 6.97. The molecule has 0 amide bonds. The fraction of sp³-hybridized carbons (Fsp3) is 0.700. The van der Waals surface area contributed by atoms with Gasteiger partial charge in [0.25, 0.3) is 0 Å². The Morgan fingerprint density at radius 3 is 3.06 bits per heavy atom. The molecule has 0 spiro atoms. The van der Waals surface area contributed by atoms with Crippen molar-refractivity contribution in [2.24, 2.45) is 0 Å². The first-order valence-corrected chi connectivity index (χ1v) is 7.23. The summed E-state index contributed by atoms with van der Waals surface area (Å²) in [5.74, 6) is 1.31. The molecule has 0 radical (unpaired) electrons. The number of aryl methyl sites for hydroxylation is 1. The summed E-state index contributed by atoms with van der Waals surface area (Å²) in [6.07, 6.45) is 1.65. The van der Waals surface area contributed by atoms with Crippen molar-refractivity contribution in [2.75, 3.05) is 11.5 Å². The second-order valence-corrected chi connectivity index (χ2v) is 6.50. The van der Waals surface area contributed by atoms with Crippen molar-refractivity contribution in [2.45, 2.75) is 32.4 Å². The molecule has 1 saturated heterocycles. The van der Waals surface area contributed by atoms with E-state index >= 15 is 0 Å². The Bertz CT molecular complexity index is 452. The van der Waals surface area contributed by atoms with E-state index in [1.807, 2.05) is 13.0 Å². The molecule has 1 N–H and O–H groups in total. The Hall–Kier alpha value is -0.880. The Morgan fingerprint density at radius 2 is 2.44 bits per heavy atom. The highest BCUT2D eigenvalue weighted by atomic mass is 32.2. The normalized spacial score (nSPS) is 24.4. The first kappa shape index (κ1) is 11.6. The molecule has 1 unspecified atom stereocenters. The first-order valence-electron chi connectivity index (χ1n) is 5.41. The molecule has 1 fully saturated rings. The van der Waals surface area contributed by atoms with E-state index in [9.17, 15) is 8.42 Å². The van der Waals surface area contributed by atoms with Crippen LogP contribution in [0.5, 0.6) is 0 Å². The topological polar surface area (TPSA) is 72.2 Å². The highest BCUT2D eigenvalue weighted by Gasteiger charge is 2.24. The third-order valence-electron chi connectivity index (χ3n) is 2.70. The maximum Gasteiger partial charge on any atom is 0.151 e. The van der Waals surface area contributed by atoms with Crippen molar-refractivity contribution in [3.63, 3.8) is 0 Å². The lowest BCUT2D eigenvalue weighted by Crippen LogP contribution is -2.39. The predicted octanol–water partition coefficient (Wildman–Crippen LogP) is 0.650. The highest BCUT2D eigenvalue weighted by Crippen LogP contribution is 2.12. The van der Waals surface area contributed by atoms with Gasteiger partial charge in [0.2, 0.25) is 0 Å². The molecule has 2 rings (SSSR count). The van der Waals surface area contributed by atoms with Crippen molar-refractivity contribution in [1.29, 1.82) is 0 Å². The molecule has 1 atom stereocenters. The fourth-order valence-corrected chi connectivity index (χ4v) is 3.60. The van der Waals surface area contributed by atoms with Gasteiger partial charge in [-0.15, -0.1) is 0 Å². The van der Waals surface area contributed by atoms with Gasteiger partial charge in [-0.1, -0.05) is 5.16 Å². The van der Waals surface area contributed by atoms with E-state index in [0.717, 1.165) is 24.3 Å². The van der Waals surface area contributed by atoms with Crippen LogP contribution in [-0.2, 0) is 16.4 Å². The Morgan fingerprint density at radius 1 is 1.62 bits per heavy atom. The smallest absolute Gasteiger partial charge is 0.151 e. The van der Waals surface area contributed by atoms with Crippen LogP contribution in [-0.4, -0.2) is 31.1 Å². The van der Waals surface area contributed by atoms with Crippen molar-refractivity contribution in [1.82, 2.24) is 10.5 Å². The molecule has 0 aliphatic carbocycles. The maximum atomic E-state index is 11.4. The quantitative estimate of drug-likeness (QED) is 0.845. The van der Waals surface area contributed by atoms with Gasteiger partial charge in [0, 0.05) is 12.1 Å². The summed E-state index contributed by atoms with van der Waals surface area (Å²) in [5.41, 5.74) is 0.841. The minimum atomic E-state index is -2.84. The first-order chi connectivity index (χ1) is 7.55. The molecule has 0 saturated carbocycles. The number of sulfone groups is 1. The highest BCUT2D eigenvalue weighted by molar-refractivity contribution is 7.91. The maximum absolute atomic E-state index is 11.4. The summed E-state index contributed by atoms with van der Waals surface area (Å²) < 4.78 is 27.8. The molecule has 1 aliphatic heterocycles. The van der Waals surface area contributed by atoms with E-state index in [0.29, 0.717) is 12.3 Å². The molecule has 0 aromatic carbocycles. The number of hydrogen-bond donors (Lipinski definition) is 1. The molecular formula is C10H16N2O3S. The summed E-state index contributed by atoms with van der Waals surface area (Å²) in [7, 11) is -2.84. The Labute approximate surface area is 95.1 Å². The van der Waals surface area contributed by atoms with Gasteiger partial charge in [-0.05, 0) is 19.8 Å². The molecule has 16 heavy (non-hydrogen) atoms. The van der Waals surface area contributed by atoms with Crippen molar-refractivity contribution in [3.05, 3.63) is 17.5 Å². The van der Waals surface area contributed by atoms with E-state index in [1.54, 1.807) is 0 Å². The van der Waals surface area contributed by atoms with E-state index in [2.05, 4.69) is 10.5 Å². The van der Waals surface area contributed by atoms with Gasteiger partial charge in [0.15, 0.2) is 15.6 Å². The molecule has 1 aliphatic rings. The summed E-state index contributed by atoms with van der Waals surface area (Å²) in [4.78, 5) is 0. The van der Waals surface area contributed by atoms with Gasteiger partial charge in [-0.3, -0.25) is 0 Å². The average molecular weight is 244 g/mol. The fourth-order valence-electron chi connectivity index (χ4n) is 1.93. The van der Waals surface area contributed by atoms with Gasteiger partial charge in [0.1, 0.15) is 0 Å². The van der Waals surface area contributed by atoms with E-state index in [4.69, 9.17) is 4.52 Å². The number of aromatic nitrogens is 1. The van der Waals surface area contributed by atoms with Gasteiger partial charge in [-0.2, -0.15) is 0 Å². The molecule has 0 bridgehead atoms. The van der Waals surface area contributed by atoms with Crippen molar-refractivity contribution < 1.29 is 12.9 Å². The Balaban J connectivity index is 1.86. The van der Waals surface area contributed by atoms with Gasteiger partial charge in [0.05, 0.1) is 23.7 Å². The van der Waals surface area contributed by atoms with Gasteiger partial charge in [-0.25, -0.2) is 8.42 Å². The number of nitrogens with zero attached hydrogens (tertiary/aromatic N) is 1. The van der Waals surface area contributed by atoms with Crippen LogP contribution in [0.3, 0.4) is 0 Å². The zero-order valence-corrected chi connectivity index (χ0v) is 10.1. The van der Waals surface area contributed by atoms with Crippen LogP contribution in [0, 0.1) is 6.92 Å². The molecule has 1 aromatic rings. The molecular weight excluding hydrogens is 228 g/mol. The monoisotopic (exact) mass is 244 g/mol. The van der Waals surface area contributed by atoms with Crippen LogP contribution in [0.25, 0.3) is 0 Å². The largest absolute Gasteiger partial charge is 0.360 e. The second kappa shape index (κ2) is 4.55. The lowest BCUT2D eigenvalue weighted by molar-refractivity contribution is 0.358. The number of hydrogen-bond acceptors (Lipinski definition) is 5. The minimum absolute atomic E-state index is 0.0455. The average Bonchev–Trinajstić information content (AvgIpc) is 2.60. The van der Waals surface area contributed by atoms with E-state index in [-0.39, 0.29) is 11.8 Å². The molecule has 5 nitrogen and oxygen atoms in total. The third kappa shape index (κ3) is 3.05. The van der Waals surface area contributed by atoms with Crippen LogP contribution in [0.15, 0.2) is 10.6 Å². The summed E-state index contributed by atoms with van der Waals surface area (Å²) >= 11 is 0. The molecule has 1 aromatic heterocycles. The second-order valence-electron chi connectivity index (χ2n) is 4.27. The summed E-state index contributed by atoms with van der Waals surface area (Å²) in [6.45, 7) is 2.40. The standard InChI is InChI=1S/C10H16N2O3S/c1-8-5-10(15-12-8)6-11-9-3-2-4-16(13,14)7-9/h5,9,11H,2-4,6-7H2,1H3. The van der Waals surface area contributed by atoms with Crippen LogP contribution in [0.2, 0.25) is 0 Å². The third-order valence-corrected chi connectivity index (χ3v) is 4.53. The van der Waals surface area contributed by atoms with Crippen LogP contribution >= 0.6 is 0 Å². The van der Waals surface area contributed by atoms with Gasteiger partial charge < -0.3 is 9.84 Å². The number of rotatable bonds is 3.